The van der Waals surface area contributed by atoms with Gasteiger partial charge in [-0.3, -0.25) is 0 Å². The maximum atomic E-state index is 14.3. The normalized spacial score (nSPS) is 15.0. The average molecular weight is 543 g/mol. The second-order valence-electron chi connectivity index (χ2n) is 9.27. The predicted octanol–water partition coefficient (Wildman–Crippen LogP) is 3.81. The van der Waals surface area contributed by atoms with Crippen molar-refractivity contribution < 1.29 is 32.2 Å². The number of carboxylic acids is 1. The number of aryl methyl sites for hydroxylation is 2. The van der Waals surface area contributed by atoms with Gasteiger partial charge in [0.25, 0.3) is 0 Å². The molecule has 2 aromatic rings. The summed E-state index contributed by atoms with van der Waals surface area (Å²) >= 11 is 0. The zero-order chi connectivity index (χ0) is 27.5. The zero-order valence-electron chi connectivity index (χ0n) is 21.3. The summed E-state index contributed by atoms with van der Waals surface area (Å²) in [5, 5.41) is 15.5. The average Bonchev–Trinajstić information content (AvgIpc) is 2.88. The van der Waals surface area contributed by atoms with Crippen molar-refractivity contribution in [3.8, 4) is 0 Å². The van der Waals surface area contributed by atoms with E-state index in [1.807, 2.05) is 11.0 Å². The van der Waals surface area contributed by atoms with Crippen LogP contribution in [0.3, 0.4) is 0 Å². The van der Waals surface area contributed by atoms with Crippen LogP contribution in [-0.2, 0) is 28.5 Å². The first-order chi connectivity index (χ1) is 18.2. The molecular formula is C25H34F4N6O3. The Morgan fingerprint density at radius 1 is 1.24 bits per heavy atom. The summed E-state index contributed by atoms with van der Waals surface area (Å²) in [5.41, 5.74) is 1.18. The molecule has 1 aliphatic heterocycles. The van der Waals surface area contributed by atoms with Crippen LogP contribution in [0.2, 0.25) is 0 Å². The number of fused-ring (bicyclic) bond motifs is 1. The number of hydrogen-bond donors (Lipinski definition) is 3. The number of rotatable bonds is 15. The number of pyridine rings is 1. The Morgan fingerprint density at radius 3 is 2.68 bits per heavy atom. The van der Waals surface area contributed by atoms with E-state index in [1.54, 1.807) is 0 Å². The van der Waals surface area contributed by atoms with Crippen molar-refractivity contribution in [3.63, 3.8) is 0 Å². The van der Waals surface area contributed by atoms with Gasteiger partial charge in [-0.2, -0.15) is 13.2 Å². The molecule has 13 heteroatoms. The van der Waals surface area contributed by atoms with E-state index in [4.69, 9.17) is 9.72 Å². The molecular weight excluding hydrogens is 508 g/mol. The first-order valence-electron chi connectivity index (χ1n) is 12.6. The molecule has 2 atom stereocenters. The maximum Gasteiger partial charge on any atom is 0.419 e. The third-order valence-electron chi connectivity index (χ3n) is 6.23. The molecule has 3 N–H and O–H groups in total. The van der Waals surface area contributed by atoms with Crippen LogP contribution in [0.1, 0.15) is 42.5 Å². The molecule has 0 aliphatic carbocycles. The molecule has 0 spiro atoms. The van der Waals surface area contributed by atoms with Gasteiger partial charge in [0.15, 0.2) is 0 Å². The minimum atomic E-state index is -4.59. The van der Waals surface area contributed by atoms with E-state index in [0.29, 0.717) is 18.9 Å². The van der Waals surface area contributed by atoms with Gasteiger partial charge in [-0.15, -0.1) is 0 Å². The summed E-state index contributed by atoms with van der Waals surface area (Å²) in [6.07, 6.45) is -0.138. The number of anilines is 2. The lowest BCUT2D eigenvalue weighted by Crippen LogP contribution is -2.39. The molecule has 0 radical (unpaired) electrons. The lowest BCUT2D eigenvalue weighted by Gasteiger charge is -2.25. The Labute approximate surface area is 219 Å². The third kappa shape index (κ3) is 9.35. The Morgan fingerprint density at radius 2 is 2.00 bits per heavy atom. The highest BCUT2D eigenvalue weighted by atomic mass is 19.4. The van der Waals surface area contributed by atoms with Crippen LogP contribution in [0.5, 0.6) is 0 Å². The monoisotopic (exact) mass is 542 g/mol. The SMILES string of the molecule is COC[C@@H](F)CN(CCCCc1ccc2c(n1)NCCC2)CC[C@H](Nc1ncc(C(F)(F)F)cn1)C(=O)O. The number of nitrogens with one attached hydrogen (secondary N) is 2. The van der Waals surface area contributed by atoms with Crippen molar-refractivity contribution in [2.45, 2.75) is 56.9 Å². The summed E-state index contributed by atoms with van der Waals surface area (Å²) in [6, 6.07) is 2.97. The second-order valence-corrected chi connectivity index (χ2v) is 9.27. The topological polar surface area (TPSA) is 113 Å². The number of methoxy groups -OCH3 is 1. The first-order valence-corrected chi connectivity index (χ1v) is 12.6. The van der Waals surface area contributed by atoms with Gasteiger partial charge >= 0.3 is 12.1 Å². The zero-order valence-corrected chi connectivity index (χ0v) is 21.3. The standard InChI is InChI=1S/C25H34F4N6O3/c1-38-16-19(26)15-35(11-3-2-6-20-8-7-17-5-4-10-30-22(17)33-20)12-9-21(23(36)37)34-24-31-13-18(14-32-24)25(27,28)29/h7-8,13-14,19,21H,2-6,9-12,15-16H2,1H3,(H,30,33)(H,36,37)(H,31,32,34)/t19-,21-/m0/s1. The van der Waals surface area contributed by atoms with Gasteiger partial charge in [0, 0.05) is 44.8 Å². The number of ether oxygens (including phenoxy) is 1. The highest BCUT2D eigenvalue weighted by Crippen LogP contribution is 2.28. The lowest BCUT2D eigenvalue weighted by molar-refractivity contribution is -0.139. The van der Waals surface area contributed by atoms with Gasteiger partial charge in [-0.25, -0.2) is 24.1 Å². The van der Waals surface area contributed by atoms with E-state index in [2.05, 4.69) is 26.7 Å². The molecule has 2 aromatic heterocycles. The number of unbranched alkanes of at least 4 members (excludes halogenated alkanes) is 1. The number of carbonyl (C=O) groups is 1. The molecule has 1 aliphatic rings. The van der Waals surface area contributed by atoms with E-state index in [1.165, 1.54) is 12.7 Å². The minimum absolute atomic E-state index is 0.0669. The number of carboxylic acid groups (broad SMARTS) is 1. The third-order valence-corrected chi connectivity index (χ3v) is 6.23. The van der Waals surface area contributed by atoms with Gasteiger partial charge in [0.05, 0.1) is 12.2 Å². The van der Waals surface area contributed by atoms with Gasteiger partial charge in [-0.05, 0) is 56.7 Å². The van der Waals surface area contributed by atoms with E-state index in [9.17, 15) is 27.5 Å². The summed E-state index contributed by atoms with van der Waals surface area (Å²) < 4.78 is 57.4. The van der Waals surface area contributed by atoms with Crippen LogP contribution in [0, 0.1) is 0 Å². The van der Waals surface area contributed by atoms with Crippen LogP contribution >= 0.6 is 0 Å². The van der Waals surface area contributed by atoms with Crippen LogP contribution in [0.4, 0.5) is 29.3 Å². The molecule has 9 nitrogen and oxygen atoms in total. The maximum absolute atomic E-state index is 14.3. The van der Waals surface area contributed by atoms with E-state index in [0.717, 1.165) is 50.2 Å². The number of nitrogens with zero attached hydrogens (tertiary/aromatic N) is 4. The molecule has 3 rings (SSSR count). The molecule has 0 unspecified atom stereocenters. The number of alkyl halides is 4. The van der Waals surface area contributed by atoms with E-state index in [-0.39, 0.29) is 32.1 Å². The first kappa shape index (κ1) is 29.5. The van der Waals surface area contributed by atoms with Gasteiger partial charge in [-0.1, -0.05) is 6.07 Å². The molecule has 38 heavy (non-hydrogen) atoms. The Bertz CT molecular complexity index is 1030. The summed E-state index contributed by atoms with van der Waals surface area (Å²) in [7, 11) is 1.41. The van der Waals surface area contributed by atoms with Crippen molar-refractivity contribution in [1.82, 2.24) is 19.9 Å². The van der Waals surface area contributed by atoms with E-state index >= 15 is 0 Å². The molecule has 3 heterocycles. The highest BCUT2D eigenvalue weighted by molar-refractivity contribution is 5.76. The summed E-state index contributed by atoms with van der Waals surface area (Å²) in [4.78, 5) is 25.4. The van der Waals surface area contributed by atoms with Crippen molar-refractivity contribution >= 4 is 17.7 Å². The minimum Gasteiger partial charge on any atom is -0.480 e. The van der Waals surface area contributed by atoms with Crippen molar-refractivity contribution in [3.05, 3.63) is 41.3 Å². The number of hydrogen-bond acceptors (Lipinski definition) is 8. The van der Waals surface area contributed by atoms with Gasteiger partial charge in [0.2, 0.25) is 5.95 Å². The number of aromatic nitrogens is 3. The van der Waals surface area contributed by atoms with Crippen LogP contribution < -0.4 is 10.6 Å². The Hall–Kier alpha value is -3.06. The highest BCUT2D eigenvalue weighted by Gasteiger charge is 2.31. The summed E-state index contributed by atoms with van der Waals surface area (Å²) in [5.74, 6) is -0.500. The molecule has 210 valence electrons. The molecule has 0 saturated carbocycles. The fourth-order valence-electron chi connectivity index (χ4n) is 4.23. The van der Waals surface area contributed by atoms with Gasteiger partial charge < -0.3 is 25.4 Å². The molecule has 0 fully saturated rings. The Balaban J connectivity index is 1.53. The predicted molar refractivity (Wildman–Crippen MR) is 134 cm³/mol. The molecule has 0 aromatic carbocycles. The molecule has 0 amide bonds. The van der Waals surface area contributed by atoms with Crippen molar-refractivity contribution in [1.29, 1.82) is 0 Å². The van der Waals surface area contributed by atoms with Crippen LogP contribution in [0.25, 0.3) is 0 Å². The summed E-state index contributed by atoms with van der Waals surface area (Å²) in [6.45, 7) is 1.69. The largest absolute Gasteiger partial charge is 0.480 e. The van der Waals surface area contributed by atoms with Gasteiger partial charge in [0.1, 0.15) is 18.0 Å². The number of aliphatic carboxylic acids is 1. The van der Waals surface area contributed by atoms with Crippen molar-refractivity contribution in [2.24, 2.45) is 0 Å². The van der Waals surface area contributed by atoms with Crippen molar-refractivity contribution in [2.75, 3.05) is 50.5 Å². The lowest BCUT2D eigenvalue weighted by atomic mass is 10.1. The smallest absolute Gasteiger partial charge is 0.419 e. The fraction of sp³-hybridized carbons (Fsp3) is 0.600. The Kier molecular flexibility index (Phi) is 11.0. The molecule has 0 bridgehead atoms. The molecule has 0 saturated heterocycles. The quantitative estimate of drug-likeness (QED) is 0.228. The van der Waals surface area contributed by atoms with E-state index < -0.39 is 29.9 Å². The van der Waals surface area contributed by atoms with Crippen LogP contribution in [-0.4, -0.2) is 83.0 Å². The second kappa shape index (κ2) is 14.2. The van der Waals surface area contributed by atoms with Crippen LogP contribution in [0.15, 0.2) is 24.5 Å². The fourth-order valence-corrected chi connectivity index (χ4v) is 4.23. The number of halogens is 4.